The van der Waals surface area contributed by atoms with Crippen molar-refractivity contribution in [1.82, 2.24) is 0 Å². The molecule has 2 atom stereocenters. The number of carbonyl (C=O) groups is 1. The lowest BCUT2D eigenvalue weighted by molar-refractivity contribution is -0.147. The minimum atomic E-state index is -4.62. The van der Waals surface area contributed by atoms with Crippen molar-refractivity contribution >= 4 is 17.6 Å². The van der Waals surface area contributed by atoms with Crippen LogP contribution in [0.25, 0.3) is 11.1 Å². The Morgan fingerprint density at radius 1 is 1.20 bits per heavy atom. The monoisotopic (exact) mass is 438 g/mol. The first kappa shape index (κ1) is 22.2. The van der Waals surface area contributed by atoms with E-state index in [0.717, 1.165) is 28.3 Å². The Morgan fingerprint density at radius 3 is 2.43 bits per heavy atom. The molecule has 2 aromatic rings. The van der Waals surface area contributed by atoms with Gasteiger partial charge >= 0.3 is 12.1 Å². The Kier molecular flexibility index (Phi) is 5.92. The number of halogens is 4. The quantitative estimate of drug-likeness (QED) is 0.552. The number of hydrogen-bond donors (Lipinski definition) is 1. The highest BCUT2D eigenvalue weighted by Crippen LogP contribution is 2.60. The van der Waals surface area contributed by atoms with Crippen molar-refractivity contribution in [3.63, 3.8) is 0 Å². The molecule has 0 bridgehead atoms. The summed E-state index contributed by atoms with van der Waals surface area (Å²) in [6, 6.07) is 12.4. The molecule has 7 heteroatoms. The average molecular weight is 439 g/mol. The summed E-state index contributed by atoms with van der Waals surface area (Å²) in [4.78, 5) is 12.5. The average Bonchev–Trinajstić information content (AvgIpc) is 3.20. The minimum absolute atomic E-state index is 0.0204. The molecule has 0 spiro atoms. The van der Waals surface area contributed by atoms with Crippen molar-refractivity contribution in [2.24, 2.45) is 17.3 Å². The Bertz CT molecular complexity index is 978. The summed E-state index contributed by atoms with van der Waals surface area (Å²) >= 11 is 5.34. The molecule has 3 nitrogen and oxygen atoms in total. The van der Waals surface area contributed by atoms with Crippen LogP contribution in [0.3, 0.4) is 0 Å². The second-order valence-electron chi connectivity index (χ2n) is 8.08. The lowest BCUT2D eigenvalue weighted by Crippen LogP contribution is -2.11. The van der Waals surface area contributed by atoms with E-state index < -0.39 is 34.4 Å². The van der Waals surface area contributed by atoms with Gasteiger partial charge in [0.15, 0.2) is 0 Å². The van der Waals surface area contributed by atoms with E-state index in [1.807, 2.05) is 25.1 Å². The molecular weight excluding hydrogens is 417 g/mol. The van der Waals surface area contributed by atoms with Gasteiger partial charge in [0.1, 0.15) is 17.4 Å². The van der Waals surface area contributed by atoms with E-state index >= 15 is 0 Å². The Morgan fingerprint density at radius 2 is 1.83 bits per heavy atom. The van der Waals surface area contributed by atoms with Crippen LogP contribution in [0.5, 0.6) is 5.75 Å². The predicted molar refractivity (Wildman–Crippen MR) is 109 cm³/mol. The van der Waals surface area contributed by atoms with Gasteiger partial charge in [-0.05, 0) is 52.6 Å². The molecule has 1 fully saturated rings. The van der Waals surface area contributed by atoms with E-state index in [4.69, 9.17) is 16.3 Å². The summed E-state index contributed by atoms with van der Waals surface area (Å²) in [7, 11) is 0. The third kappa shape index (κ3) is 4.48. The zero-order chi connectivity index (χ0) is 22.3. The van der Waals surface area contributed by atoms with E-state index in [2.05, 4.69) is 0 Å². The van der Waals surface area contributed by atoms with Crippen LogP contribution in [-0.2, 0) is 16.1 Å². The van der Waals surface area contributed by atoms with Crippen LogP contribution < -0.4 is 0 Å². The molecule has 30 heavy (non-hydrogen) atoms. The number of alkyl halides is 3. The molecule has 0 heterocycles. The Balaban J connectivity index is 1.71. The van der Waals surface area contributed by atoms with E-state index in [-0.39, 0.29) is 12.4 Å². The molecule has 0 radical (unpaired) electrons. The largest absolute Gasteiger partial charge is 0.508 e. The van der Waals surface area contributed by atoms with E-state index in [1.54, 1.807) is 38.1 Å². The van der Waals surface area contributed by atoms with Gasteiger partial charge in [-0.2, -0.15) is 13.2 Å². The number of aromatic hydroxyl groups is 1. The molecule has 0 aromatic heterocycles. The predicted octanol–water partition coefficient (Wildman–Crippen LogP) is 6.37. The van der Waals surface area contributed by atoms with Gasteiger partial charge in [-0.25, -0.2) is 0 Å². The van der Waals surface area contributed by atoms with Gasteiger partial charge in [-0.15, -0.1) is 0 Å². The van der Waals surface area contributed by atoms with E-state index in [1.165, 1.54) is 0 Å². The van der Waals surface area contributed by atoms with Gasteiger partial charge in [-0.3, -0.25) is 4.79 Å². The Hall–Kier alpha value is -2.47. The van der Waals surface area contributed by atoms with E-state index in [0.29, 0.717) is 0 Å². The molecule has 3 rings (SSSR count). The molecule has 0 amide bonds. The Labute approximate surface area is 178 Å². The number of rotatable bonds is 5. The van der Waals surface area contributed by atoms with Gasteiger partial charge < -0.3 is 9.84 Å². The second-order valence-corrected chi connectivity index (χ2v) is 8.49. The number of esters is 1. The number of benzene rings is 2. The van der Waals surface area contributed by atoms with Crippen molar-refractivity contribution in [2.75, 3.05) is 0 Å². The summed E-state index contributed by atoms with van der Waals surface area (Å²) < 4.78 is 43.5. The normalized spacial score (nSPS) is 20.7. The molecule has 0 saturated heterocycles. The topological polar surface area (TPSA) is 46.5 Å². The number of ether oxygens (including phenoxy) is 1. The standard InChI is InChI=1S/C23H22ClF3O3/c1-13-15(5-4-6-17(13)14-7-9-16(28)10-8-14)12-30-21(29)20-18(22(20,2)3)11-19(24)23(25,26)27/h4-11,18,20,28H,12H2,1-3H3/b19-11-/t18-,20-/m0/s1. The SMILES string of the molecule is Cc1c(COC(=O)[C@@H]2[C@H](/C=C(\Cl)C(F)(F)F)C2(C)C)cccc1-c1ccc(O)cc1. The van der Waals surface area contributed by atoms with Crippen LogP contribution in [0.4, 0.5) is 13.2 Å². The van der Waals surface area contributed by atoms with Crippen molar-refractivity contribution in [2.45, 2.75) is 33.6 Å². The zero-order valence-corrected chi connectivity index (χ0v) is 17.5. The summed E-state index contributed by atoms with van der Waals surface area (Å²) in [6.45, 7) is 5.36. The molecule has 1 saturated carbocycles. The molecule has 2 aromatic carbocycles. The highest BCUT2D eigenvalue weighted by atomic mass is 35.5. The fraction of sp³-hybridized carbons (Fsp3) is 0.348. The lowest BCUT2D eigenvalue weighted by Gasteiger charge is -2.12. The molecule has 1 aliphatic rings. The molecular formula is C23H22ClF3O3. The summed E-state index contributed by atoms with van der Waals surface area (Å²) in [5.74, 6) is -1.66. The summed E-state index contributed by atoms with van der Waals surface area (Å²) in [5, 5.41) is 8.25. The highest BCUT2D eigenvalue weighted by molar-refractivity contribution is 6.30. The highest BCUT2D eigenvalue weighted by Gasteiger charge is 2.62. The van der Waals surface area contributed by atoms with Crippen molar-refractivity contribution < 1.29 is 27.8 Å². The van der Waals surface area contributed by atoms with Gasteiger partial charge in [0.25, 0.3) is 0 Å². The van der Waals surface area contributed by atoms with Crippen LogP contribution in [0.1, 0.15) is 25.0 Å². The zero-order valence-electron chi connectivity index (χ0n) is 16.8. The third-order valence-corrected chi connectivity index (χ3v) is 6.10. The molecule has 160 valence electrons. The first-order valence-corrected chi connectivity index (χ1v) is 9.79. The molecule has 0 aliphatic heterocycles. The van der Waals surface area contributed by atoms with Gasteiger partial charge in [0, 0.05) is 0 Å². The number of phenolic OH excluding ortho intramolecular Hbond substituents is 1. The second kappa shape index (κ2) is 7.99. The van der Waals surface area contributed by atoms with Crippen LogP contribution in [-0.4, -0.2) is 17.3 Å². The molecule has 0 unspecified atom stereocenters. The number of allylic oxidation sites excluding steroid dienone is 2. The minimum Gasteiger partial charge on any atom is -0.508 e. The van der Waals surface area contributed by atoms with Gasteiger partial charge in [-0.1, -0.05) is 61.9 Å². The van der Waals surface area contributed by atoms with Crippen molar-refractivity contribution in [3.05, 3.63) is 64.7 Å². The fourth-order valence-electron chi connectivity index (χ4n) is 3.72. The van der Waals surface area contributed by atoms with Crippen LogP contribution >= 0.6 is 11.6 Å². The number of phenols is 1. The lowest BCUT2D eigenvalue weighted by atomic mass is 9.97. The number of hydrogen-bond acceptors (Lipinski definition) is 3. The van der Waals surface area contributed by atoms with Gasteiger partial charge in [0.2, 0.25) is 0 Å². The van der Waals surface area contributed by atoms with Crippen LogP contribution in [0, 0.1) is 24.2 Å². The van der Waals surface area contributed by atoms with Crippen molar-refractivity contribution in [3.8, 4) is 16.9 Å². The van der Waals surface area contributed by atoms with Crippen molar-refractivity contribution in [1.29, 1.82) is 0 Å². The first-order valence-electron chi connectivity index (χ1n) is 9.42. The molecule has 1 aliphatic carbocycles. The maximum absolute atomic E-state index is 12.7. The fourth-order valence-corrected chi connectivity index (χ4v) is 3.86. The maximum atomic E-state index is 12.7. The molecule has 1 N–H and O–H groups in total. The van der Waals surface area contributed by atoms with Crippen LogP contribution in [0.2, 0.25) is 0 Å². The smallest absolute Gasteiger partial charge is 0.426 e. The number of carbonyl (C=O) groups excluding carboxylic acids is 1. The summed E-state index contributed by atoms with van der Waals surface area (Å²) in [6.07, 6.45) is -3.72. The first-order chi connectivity index (χ1) is 13.9. The third-order valence-electron chi connectivity index (χ3n) is 5.76. The van der Waals surface area contributed by atoms with Gasteiger partial charge in [0.05, 0.1) is 5.92 Å². The van der Waals surface area contributed by atoms with E-state index in [9.17, 15) is 23.1 Å². The maximum Gasteiger partial charge on any atom is 0.426 e. The van der Waals surface area contributed by atoms with Crippen LogP contribution in [0.15, 0.2) is 53.6 Å². The summed E-state index contributed by atoms with van der Waals surface area (Å²) in [5.41, 5.74) is 2.92.